The third-order valence-corrected chi connectivity index (χ3v) is 4.67. The van der Waals surface area contributed by atoms with E-state index in [4.69, 9.17) is 4.74 Å². The monoisotopic (exact) mass is 376 g/mol. The van der Waals surface area contributed by atoms with Crippen LogP contribution in [-0.4, -0.2) is 15.9 Å². The zero-order valence-electron chi connectivity index (χ0n) is 14.7. The summed E-state index contributed by atoms with van der Waals surface area (Å²) in [5.41, 5.74) is 1.60. The summed E-state index contributed by atoms with van der Waals surface area (Å²) in [6.45, 7) is -0.0337. The van der Waals surface area contributed by atoms with Gasteiger partial charge in [-0.1, -0.05) is 36.4 Å². The number of nitrogens with one attached hydrogen (secondary N) is 1. The van der Waals surface area contributed by atoms with Gasteiger partial charge in [0.25, 0.3) is 5.69 Å². The minimum atomic E-state index is -0.581. The van der Waals surface area contributed by atoms with Gasteiger partial charge in [0.05, 0.1) is 10.8 Å². The summed E-state index contributed by atoms with van der Waals surface area (Å²) in [6, 6.07) is 18.3. The zero-order chi connectivity index (χ0) is 19.7. The second-order valence-corrected chi connectivity index (χ2v) is 6.40. The van der Waals surface area contributed by atoms with Gasteiger partial charge >= 0.3 is 0 Å². The highest BCUT2D eigenvalue weighted by Crippen LogP contribution is 2.43. The smallest absolute Gasteiger partial charge is 0.270 e. The van der Waals surface area contributed by atoms with Gasteiger partial charge < -0.3 is 15.2 Å². The van der Waals surface area contributed by atoms with Crippen LogP contribution in [0, 0.1) is 10.1 Å². The normalized spacial score (nSPS) is 12.4. The molecule has 140 valence electrons. The van der Waals surface area contributed by atoms with Crippen LogP contribution in [0.2, 0.25) is 0 Å². The van der Waals surface area contributed by atoms with Crippen LogP contribution in [0.1, 0.15) is 22.6 Å². The number of amides is 1. The number of aromatic hydroxyl groups is 1. The molecular formula is C21H16N2O5. The van der Waals surface area contributed by atoms with Crippen LogP contribution >= 0.6 is 0 Å². The molecule has 1 heterocycles. The number of non-ortho nitro benzene ring substituents is 1. The molecule has 0 aliphatic carbocycles. The van der Waals surface area contributed by atoms with Crippen molar-refractivity contribution in [3.63, 3.8) is 0 Å². The van der Waals surface area contributed by atoms with E-state index in [1.54, 1.807) is 12.1 Å². The highest BCUT2D eigenvalue weighted by molar-refractivity contribution is 5.89. The van der Waals surface area contributed by atoms with E-state index in [-0.39, 0.29) is 29.5 Å². The standard InChI is InChI=1S/C21H16N2O5/c24-17-10-9-14(23(26)27)11-13(17)12-22-21(25)20-15-5-1-3-7-18(15)28-19-8-4-2-6-16(19)20/h1-11,20,24H,12H2,(H,22,25). The molecule has 1 aliphatic rings. The van der Waals surface area contributed by atoms with Gasteiger partial charge in [-0.25, -0.2) is 0 Å². The van der Waals surface area contributed by atoms with Gasteiger partial charge in [-0.05, 0) is 18.2 Å². The number of nitro benzene ring substituents is 1. The number of benzene rings is 3. The molecule has 0 spiro atoms. The molecular weight excluding hydrogens is 360 g/mol. The first-order valence-corrected chi connectivity index (χ1v) is 8.64. The lowest BCUT2D eigenvalue weighted by Gasteiger charge is -2.27. The number of fused-ring (bicyclic) bond motifs is 2. The van der Waals surface area contributed by atoms with Crippen molar-refractivity contribution < 1.29 is 19.6 Å². The molecule has 1 aliphatic heterocycles. The number of phenolic OH excluding ortho intramolecular Hbond substituents is 1. The Hall–Kier alpha value is -3.87. The fourth-order valence-electron chi connectivity index (χ4n) is 3.30. The van der Waals surface area contributed by atoms with E-state index in [1.165, 1.54) is 18.2 Å². The maximum atomic E-state index is 13.0. The molecule has 3 aromatic carbocycles. The Bertz CT molecular complexity index is 1030. The molecule has 0 aromatic heterocycles. The number of nitrogens with zero attached hydrogens (tertiary/aromatic N) is 1. The van der Waals surface area contributed by atoms with E-state index in [0.717, 1.165) is 11.1 Å². The van der Waals surface area contributed by atoms with Crippen molar-refractivity contribution in [2.75, 3.05) is 0 Å². The van der Waals surface area contributed by atoms with Gasteiger partial charge in [-0.2, -0.15) is 0 Å². The summed E-state index contributed by atoms with van der Waals surface area (Å²) in [5, 5.41) is 23.7. The van der Waals surface area contributed by atoms with Crippen molar-refractivity contribution in [1.82, 2.24) is 5.32 Å². The van der Waals surface area contributed by atoms with Crippen LogP contribution in [0.5, 0.6) is 17.2 Å². The van der Waals surface area contributed by atoms with Crippen LogP contribution in [0.15, 0.2) is 66.7 Å². The molecule has 4 rings (SSSR count). The number of ether oxygens (including phenoxy) is 1. The molecule has 0 saturated heterocycles. The molecule has 3 aromatic rings. The lowest BCUT2D eigenvalue weighted by Crippen LogP contribution is -2.31. The van der Waals surface area contributed by atoms with E-state index in [2.05, 4.69) is 5.32 Å². The quantitative estimate of drug-likeness (QED) is 0.532. The van der Waals surface area contributed by atoms with Gasteiger partial charge in [0.15, 0.2) is 0 Å². The first-order valence-electron chi connectivity index (χ1n) is 8.64. The molecule has 0 unspecified atom stereocenters. The molecule has 0 saturated carbocycles. The molecule has 0 atom stereocenters. The van der Waals surface area contributed by atoms with Gasteiger partial charge in [-0.3, -0.25) is 14.9 Å². The van der Waals surface area contributed by atoms with E-state index >= 15 is 0 Å². The second-order valence-electron chi connectivity index (χ2n) is 6.40. The van der Waals surface area contributed by atoms with Crippen molar-refractivity contribution in [3.05, 3.63) is 93.5 Å². The predicted octanol–water partition coefficient (Wildman–Crippen LogP) is 3.85. The Morgan fingerprint density at radius 3 is 2.25 bits per heavy atom. The van der Waals surface area contributed by atoms with Gasteiger partial charge in [-0.15, -0.1) is 0 Å². The summed E-state index contributed by atoms with van der Waals surface area (Å²) in [7, 11) is 0. The van der Waals surface area contributed by atoms with E-state index < -0.39 is 10.8 Å². The number of rotatable bonds is 4. The Labute approximate surface area is 160 Å². The van der Waals surface area contributed by atoms with Crippen LogP contribution in [0.3, 0.4) is 0 Å². The fraction of sp³-hybridized carbons (Fsp3) is 0.0952. The average Bonchev–Trinajstić information content (AvgIpc) is 2.70. The van der Waals surface area contributed by atoms with Crippen LogP contribution in [0.4, 0.5) is 5.69 Å². The van der Waals surface area contributed by atoms with E-state index in [1.807, 2.05) is 36.4 Å². The molecule has 28 heavy (non-hydrogen) atoms. The lowest BCUT2D eigenvalue weighted by atomic mass is 9.87. The molecule has 0 bridgehead atoms. The van der Waals surface area contributed by atoms with Gasteiger partial charge in [0, 0.05) is 35.4 Å². The minimum absolute atomic E-state index is 0.0337. The number of nitro groups is 1. The first kappa shape index (κ1) is 17.5. The molecule has 2 N–H and O–H groups in total. The maximum Gasteiger partial charge on any atom is 0.270 e. The molecule has 7 nitrogen and oxygen atoms in total. The predicted molar refractivity (Wildman–Crippen MR) is 101 cm³/mol. The van der Waals surface area contributed by atoms with Gasteiger partial charge in [0.2, 0.25) is 5.91 Å². The minimum Gasteiger partial charge on any atom is -0.508 e. The van der Waals surface area contributed by atoms with Gasteiger partial charge in [0.1, 0.15) is 17.2 Å². The number of hydrogen-bond acceptors (Lipinski definition) is 5. The van der Waals surface area contributed by atoms with Crippen molar-refractivity contribution >= 4 is 11.6 Å². The summed E-state index contributed by atoms with van der Waals surface area (Å²) in [4.78, 5) is 23.4. The molecule has 0 radical (unpaired) electrons. The van der Waals surface area contributed by atoms with Crippen molar-refractivity contribution in [2.24, 2.45) is 0 Å². The highest BCUT2D eigenvalue weighted by atomic mass is 16.6. The third-order valence-electron chi connectivity index (χ3n) is 4.67. The van der Waals surface area contributed by atoms with Crippen LogP contribution in [0.25, 0.3) is 0 Å². The number of hydrogen-bond donors (Lipinski definition) is 2. The van der Waals surface area contributed by atoms with Crippen molar-refractivity contribution in [1.29, 1.82) is 0 Å². The first-order chi connectivity index (χ1) is 13.5. The number of phenols is 1. The van der Waals surface area contributed by atoms with Crippen LogP contribution in [-0.2, 0) is 11.3 Å². The number of para-hydroxylation sites is 2. The largest absolute Gasteiger partial charge is 0.508 e. The Morgan fingerprint density at radius 1 is 1.04 bits per heavy atom. The zero-order valence-corrected chi connectivity index (χ0v) is 14.7. The maximum absolute atomic E-state index is 13.0. The molecule has 0 fully saturated rings. The van der Waals surface area contributed by atoms with E-state index in [9.17, 15) is 20.0 Å². The lowest BCUT2D eigenvalue weighted by molar-refractivity contribution is -0.384. The number of carbonyl (C=O) groups is 1. The third kappa shape index (κ3) is 3.14. The molecule has 1 amide bonds. The van der Waals surface area contributed by atoms with Crippen molar-refractivity contribution in [3.8, 4) is 17.2 Å². The number of carbonyl (C=O) groups excluding carboxylic acids is 1. The summed E-state index contributed by atoms with van der Waals surface area (Å²) in [6.07, 6.45) is 0. The Morgan fingerprint density at radius 2 is 1.64 bits per heavy atom. The molecule has 7 heteroatoms. The average molecular weight is 376 g/mol. The highest BCUT2D eigenvalue weighted by Gasteiger charge is 2.32. The summed E-state index contributed by atoms with van der Waals surface area (Å²) in [5.74, 6) is 0.244. The second kappa shape index (κ2) is 7.03. The SMILES string of the molecule is O=C(NCc1cc([N+](=O)[O-])ccc1O)C1c2ccccc2Oc2ccccc21. The topological polar surface area (TPSA) is 102 Å². The Balaban J connectivity index is 1.63. The fourth-order valence-corrected chi connectivity index (χ4v) is 3.30. The van der Waals surface area contributed by atoms with Crippen LogP contribution < -0.4 is 10.1 Å². The Kier molecular flexibility index (Phi) is 4.41. The summed E-state index contributed by atoms with van der Waals surface area (Å²) < 4.78 is 5.89. The summed E-state index contributed by atoms with van der Waals surface area (Å²) >= 11 is 0. The van der Waals surface area contributed by atoms with E-state index in [0.29, 0.717) is 11.5 Å². The van der Waals surface area contributed by atoms with Crippen molar-refractivity contribution in [2.45, 2.75) is 12.5 Å².